The fourth-order valence-corrected chi connectivity index (χ4v) is 3.62. The van der Waals surface area contributed by atoms with Crippen LogP contribution in [0.4, 0.5) is 0 Å². The van der Waals surface area contributed by atoms with E-state index < -0.39 is 15.9 Å². The highest BCUT2D eigenvalue weighted by molar-refractivity contribution is 7.91. The first-order valence-corrected chi connectivity index (χ1v) is 6.90. The van der Waals surface area contributed by atoms with Crippen molar-refractivity contribution in [2.45, 2.75) is 10.9 Å². The Labute approximate surface area is 98.5 Å². The summed E-state index contributed by atoms with van der Waals surface area (Å²) in [5, 5.41) is 2.59. The van der Waals surface area contributed by atoms with Crippen molar-refractivity contribution in [1.29, 1.82) is 0 Å². The summed E-state index contributed by atoms with van der Waals surface area (Å²) in [5.74, 6) is -0.619. The summed E-state index contributed by atoms with van der Waals surface area (Å²) in [6.07, 6.45) is 0. The minimum absolute atomic E-state index is 0.0883. The number of fused-ring (bicyclic) bond motifs is 1. The molecule has 0 fully saturated rings. The van der Waals surface area contributed by atoms with E-state index in [1.807, 2.05) is 0 Å². The molecule has 0 aromatic heterocycles. The first kappa shape index (κ1) is 11.4. The quantitative estimate of drug-likeness (QED) is 0.802. The van der Waals surface area contributed by atoms with E-state index in [2.05, 4.69) is 5.32 Å². The van der Waals surface area contributed by atoms with E-state index in [1.54, 1.807) is 24.3 Å². The number of halogens is 1. The largest absolute Gasteiger partial charge is 0.347 e. The molecule has 1 heterocycles. The van der Waals surface area contributed by atoms with Crippen molar-refractivity contribution in [3.63, 3.8) is 0 Å². The zero-order valence-electron chi connectivity index (χ0n) is 8.31. The number of carbonyl (C=O) groups is 1. The van der Waals surface area contributed by atoms with Gasteiger partial charge in [0.25, 0.3) is 0 Å². The van der Waals surface area contributed by atoms with Gasteiger partial charge in [0.2, 0.25) is 5.91 Å². The van der Waals surface area contributed by atoms with Crippen molar-refractivity contribution in [1.82, 2.24) is 5.32 Å². The fourth-order valence-electron chi connectivity index (χ4n) is 1.80. The van der Waals surface area contributed by atoms with Gasteiger partial charge in [-0.05, 0) is 11.6 Å². The van der Waals surface area contributed by atoms with Gasteiger partial charge in [-0.3, -0.25) is 4.79 Å². The van der Waals surface area contributed by atoms with Crippen molar-refractivity contribution in [2.24, 2.45) is 0 Å². The summed E-state index contributed by atoms with van der Waals surface area (Å²) in [6, 6.07) is 6.20. The van der Waals surface area contributed by atoms with E-state index in [4.69, 9.17) is 11.6 Å². The fraction of sp³-hybridized carbons (Fsp3) is 0.300. The number of sulfone groups is 1. The molecule has 0 spiro atoms. The van der Waals surface area contributed by atoms with Crippen molar-refractivity contribution in [2.75, 3.05) is 11.6 Å². The molecule has 0 radical (unpaired) electrons. The highest BCUT2D eigenvalue weighted by atomic mass is 35.5. The van der Waals surface area contributed by atoms with Gasteiger partial charge in [0, 0.05) is 0 Å². The Bertz CT molecular complexity index is 527. The average Bonchev–Trinajstić information content (AvgIpc) is 2.51. The number of carbonyl (C=O) groups excluding carboxylic acids is 1. The van der Waals surface area contributed by atoms with Crippen LogP contribution in [0.15, 0.2) is 29.2 Å². The van der Waals surface area contributed by atoms with Gasteiger partial charge in [0.05, 0.1) is 16.7 Å². The molecule has 1 amide bonds. The lowest BCUT2D eigenvalue weighted by molar-refractivity contribution is -0.119. The molecule has 2 rings (SSSR count). The maximum atomic E-state index is 11.7. The van der Waals surface area contributed by atoms with Crippen molar-refractivity contribution >= 4 is 27.3 Å². The maximum absolute atomic E-state index is 11.7. The van der Waals surface area contributed by atoms with Crippen LogP contribution in [0.2, 0.25) is 0 Å². The Balaban J connectivity index is 2.37. The van der Waals surface area contributed by atoms with Crippen LogP contribution in [0, 0.1) is 0 Å². The van der Waals surface area contributed by atoms with Gasteiger partial charge in [-0.25, -0.2) is 8.42 Å². The van der Waals surface area contributed by atoms with Crippen molar-refractivity contribution in [3.05, 3.63) is 29.8 Å². The normalized spacial score (nSPS) is 21.4. The Kier molecular flexibility index (Phi) is 2.90. The van der Waals surface area contributed by atoms with Gasteiger partial charge in [-0.15, -0.1) is 11.6 Å². The monoisotopic (exact) mass is 259 g/mol. The van der Waals surface area contributed by atoms with E-state index in [1.165, 1.54) is 0 Å². The molecule has 6 heteroatoms. The molecule has 16 heavy (non-hydrogen) atoms. The number of amides is 1. The van der Waals surface area contributed by atoms with Crippen molar-refractivity contribution in [3.8, 4) is 0 Å². The van der Waals surface area contributed by atoms with Gasteiger partial charge in [-0.1, -0.05) is 18.2 Å². The minimum Gasteiger partial charge on any atom is -0.347 e. The Morgan fingerprint density at radius 2 is 2.12 bits per heavy atom. The Hall–Kier alpha value is -1.07. The topological polar surface area (TPSA) is 63.2 Å². The molecular formula is C10H10ClNO3S. The first-order valence-electron chi connectivity index (χ1n) is 4.71. The summed E-state index contributed by atoms with van der Waals surface area (Å²) in [4.78, 5) is 11.5. The molecule has 0 saturated heterocycles. The molecule has 1 N–H and O–H groups in total. The second kappa shape index (κ2) is 4.07. The van der Waals surface area contributed by atoms with Gasteiger partial charge in [0.1, 0.15) is 5.88 Å². The predicted octanol–water partition coefficient (Wildman–Crippen LogP) is 0.870. The van der Waals surface area contributed by atoms with Crippen molar-refractivity contribution < 1.29 is 13.2 Å². The van der Waals surface area contributed by atoms with Crippen LogP contribution in [0.3, 0.4) is 0 Å². The number of hydrogen-bond acceptors (Lipinski definition) is 3. The van der Waals surface area contributed by atoms with Gasteiger partial charge < -0.3 is 5.32 Å². The molecule has 1 aliphatic rings. The molecule has 0 saturated carbocycles. The zero-order chi connectivity index (χ0) is 11.8. The van der Waals surface area contributed by atoms with Gasteiger partial charge >= 0.3 is 0 Å². The summed E-state index contributed by atoms with van der Waals surface area (Å²) in [7, 11) is -3.27. The van der Waals surface area contributed by atoms with E-state index in [-0.39, 0.29) is 17.5 Å². The van der Waals surface area contributed by atoms with E-state index in [0.29, 0.717) is 10.5 Å². The van der Waals surface area contributed by atoms with Crippen LogP contribution in [0.1, 0.15) is 11.6 Å². The second-order valence-corrected chi connectivity index (χ2v) is 5.84. The lowest BCUT2D eigenvalue weighted by Crippen LogP contribution is -2.30. The average molecular weight is 260 g/mol. The molecule has 1 unspecified atom stereocenters. The summed E-state index contributed by atoms with van der Waals surface area (Å²) in [5.41, 5.74) is 0.640. The van der Waals surface area contributed by atoms with Gasteiger partial charge in [-0.2, -0.15) is 0 Å². The SMILES string of the molecule is O=C(CCl)NC1CS(=O)(=O)c2ccccc21. The summed E-state index contributed by atoms with van der Waals surface area (Å²) < 4.78 is 23.5. The van der Waals surface area contributed by atoms with Crippen LogP contribution in [-0.2, 0) is 14.6 Å². The molecular weight excluding hydrogens is 250 g/mol. The Morgan fingerprint density at radius 3 is 2.81 bits per heavy atom. The molecule has 0 bridgehead atoms. The summed E-state index contributed by atoms with van der Waals surface area (Å²) in [6.45, 7) is 0. The number of benzene rings is 1. The highest BCUT2D eigenvalue weighted by Crippen LogP contribution is 2.32. The lowest BCUT2D eigenvalue weighted by Gasteiger charge is -2.10. The Morgan fingerprint density at radius 1 is 1.44 bits per heavy atom. The molecule has 86 valence electrons. The third-order valence-corrected chi connectivity index (χ3v) is 4.53. The van der Waals surface area contributed by atoms with E-state index >= 15 is 0 Å². The molecule has 1 aromatic rings. The van der Waals surface area contributed by atoms with E-state index in [0.717, 1.165) is 0 Å². The second-order valence-electron chi connectivity index (χ2n) is 3.57. The number of nitrogens with one attached hydrogen (secondary N) is 1. The third kappa shape index (κ3) is 1.92. The van der Waals surface area contributed by atoms with Crippen LogP contribution in [-0.4, -0.2) is 26.0 Å². The molecule has 1 atom stereocenters. The molecule has 0 aliphatic carbocycles. The molecule has 4 nitrogen and oxygen atoms in total. The smallest absolute Gasteiger partial charge is 0.235 e. The van der Waals surface area contributed by atoms with Gasteiger partial charge in [0.15, 0.2) is 9.84 Å². The first-order chi connectivity index (χ1) is 7.54. The predicted molar refractivity (Wildman–Crippen MR) is 60.1 cm³/mol. The maximum Gasteiger partial charge on any atom is 0.235 e. The lowest BCUT2D eigenvalue weighted by atomic mass is 10.1. The van der Waals surface area contributed by atoms with Crippen LogP contribution in [0.5, 0.6) is 0 Å². The minimum atomic E-state index is -3.27. The van der Waals surface area contributed by atoms with Crippen LogP contribution in [0.25, 0.3) is 0 Å². The van der Waals surface area contributed by atoms with Crippen LogP contribution >= 0.6 is 11.6 Å². The highest BCUT2D eigenvalue weighted by Gasteiger charge is 2.34. The van der Waals surface area contributed by atoms with E-state index in [9.17, 15) is 13.2 Å². The van der Waals surface area contributed by atoms with Crippen LogP contribution < -0.4 is 5.32 Å². The molecule has 1 aromatic carbocycles. The number of hydrogen-bond donors (Lipinski definition) is 1. The standard InChI is InChI=1S/C10H10ClNO3S/c11-5-10(13)12-8-6-16(14,15)9-4-2-1-3-7(8)9/h1-4,8H,5-6H2,(H,12,13). The molecule has 1 aliphatic heterocycles. The number of rotatable bonds is 2. The number of alkyl halides is 1. The zero-order valence-corrected chi connectivity index (χ0v) is 9.88. The summed E-state index contributed by atoms with van der Waals surface area (Å²) >= 11 is 5.37. The third-order valence-electron chi connectivity index (χ3n) is 2.47.